The average Bonchev–Trinajstić information content (AvgIpc) is 2.70. The number of likely N-dealkylation sites (tertiary alicyclic amines) is 1. The zero-order chi connectivity index (χ0) is 14.7. The summed E-state index contributed by atoms with van der Waals surface area (Å²) in [6, 6.07) is 2.02. The van der Waals surface area contributed by atoms with Crippen LogP contribution in [0.25, 0.3) is 0 Å². The molecule has 2 heterocycles. The van der Waals surface area contributed by atoms with E-state index in [1.165, 1.54) is 0 Å². The van der Waals surface area contributed by atoms with E-state index in [2.05, 4.69) is 5.10 Å². The van der Waals surface area contributed by atoms with E-state index >= 15 is 0 Å². The maximum Gasteiger partial charge on any atom is 0.308 e. The molecule has 6 heteroatoms. The molecule has 1 aromatic heterocycles. The van der Waals surface area contributed by atoms with Crippen molar-refractivity contribution >= 4 is 11.9 Å². The molecule has 20 heavy (non-hydrogen) atoms. The van der Waals surface area contributed by atoms with Crippen molar-refractivity contribution in [1.29, 1.82) is 0 Å². The number of aromatic nitrogens is 2. The fourth-order valence-corrected chi connectivity index (χ4v) is 2.65. The summed E-state index contributed by atoms with van der Waals surface area (Å²) in [7, 11) is 0. The van der Waals surface area contributed by atoms with Gasteiger partial charge in [0.1, 0.15) is 0 Å². The highest BCUT2D eigenvalue weighted by Crippen LogP contribution is 2.18. The predicted octanol–water partition coefficient (Wildman–Crippen LogP) is 1.21. The van der Waals surface area contributed by atoms with Crippen molar-refractivity contribution in [2.45, 2.75) is 39.7 Å². The summed E-state index contributed by atoms with van der Waals surface area (Å²) in [5.74, 6) is -1.15. The Morgan fingerprint density at radius 1 is 1.45 bits per heavy atom. The van der Waals surface area contributed by atoms with Crippen molar-refractivity contribution in [2.24, 2.45) is 5.92 Å². The number of hydrogen-bond acceptors (Lipinski definition) is 3. The molecule has 1 aromatic rings. The van der Waals surface area contributed by atoms with E-state index in [4.69, 9.17) is 5.11 Å². The SMILES string of the molecule is Cc1cc(C)n(CCCN2CC(C(=O)O)CCC2=O)n1. The van der Waals surface area contributed by atoms with E-state index < -0.39 is 11.9 Å². The molecule has 1 saturated heterocycles. The molecule has 1 unspecified atom stereocenters. The predicted molar refractivity (Wildman–Crippen MR) is 73.3 cm³/mol. The molecular formula is C14H21N3O3. The molecule has 1 aliphatic rings. The molecule has 110 valence electrons. The number of amides is 1. The molecule has 1 atom stereocenters. The lowest BCUT2D eigenvalue weighted by Crippen LogP contribution is -2.43. The zero-order valence-corrected chi connectivity index (χ0v) is 12.0. The third-order valence-corrected chi connectivity index (χ3v) is 3.75. The monoisotopic (exact) mass is 279 g/mol. The van der Waals surface area contributed by atoms with Gasteiger partial charge in [-0.05, 0) is 32.8 Å². The number of piperidine rings is 1. The molecule has 0 aromatic carbocycles. The van der Waals surface area contributed by atoms with Gasteiger partial charge in [0.2, 0.25) is 5.91 Å². The smallest absolute Gasteiger partial charge is 0.308 e. The molecule has 1 amide bonds. The van der Waals surface area contributed by atoms with Gasteiger partial charge in [0.15, 0.2) is 0 Å². The number of carbonyl (C=O) groups excluding carboxylic acids is 1. The average molecular weight is 279 g/mol. The molecule has 1 fully saturated rings. The summed E-state index contributed by atoms with van der Waals surface area (Å²) >= 11 is 0. The molecule has 2 rings (SSSR count). The van der Waals surface area contributed by atoms with E-state index in [1.54, 1.807) is 4.90 Å². The minimum atomic E-state index is -0.805. The maximum atomic E-state index is 11.8. The lowest BCUT2D eigenvalue weighted by molar-refractivity contribution is -0.147. The molecule has 0 bridgehead atoms. The van der Waals surface area contributed by atoms with Crippen molar-refractivity contribution < 1.29 is 14.7 Å². The second kappa shape index (κ2) is 6.07. The van der Waals surface area contributed by atoms with Crippen molar-refractivity contribution in [3.63, 3.8) is 0 Å². The van der Waals surface area contributed by atoms with E-state index in [9.17, 15) is 9.59 Å². The molecule has 0 radical (unpaired) electrons. The van der Waals surface area contributed by atoms with Crippen LogP contribution in [0.2, 0.25) is 0 Å². The first kappa shape index (κ1) is 14.6. The van der Waals surface area contributed by atoms with Gasteiger partial charge in [-0.1, -0.05) is 0 Å². The fraction of sp³-hybridized carbons (Fsp3) is 0.643. The molecule has 0 spiro atoms. The number of aliphatic carboxylic acids is 1. The van der Waals surface area contributed by atoms with Gasteiger partial charge in [0.25, 0.3) is 0 Å². The van der Waals surface area contributed by atoms with Crippen LogP contribution in [-0.4, -0.2) is 44.8 Å². The largest absolute Gasteiger partial charge is 0.481 e. The lowest BCUT2D eigenvalue weighted by Gasteiger charge is -2.30. The van der Waals surface area contributed by atoms with Crippen LogP contribution in [0.3, 0.4) is 0 Å². The van der Waals surface area contributed by atoms with Gasteiger partial charge in [-0.25, -0.2) is 0 Å². The topological polar surface area (TPSA) is 75.4 Å². The number of hydrogen-bond donors (Lipinski definition) is 1. The Balaban J connectivity index is 1.84. The van der Waals surface area contributed by atoms with Gasteiger partial charge in [0.05, 0.1) is 11.6 Å². The van der Waals surface area contributed by atoms with Crippen molar-refractivity contribution in [1.82, 2.24) is 14.7 Å². The Morgan fingerprint density at radius 3 is 2.80 bits per heavy atom. The van der Waals surface area contributed by atoms with E-state index in [0.29, 0.717) is 25.9 Å². The Morgan fingerprint density at radius 2 is 2.20 bits per heavy atom. The standard InChI is InChI=1S/C14H21N3O3/c1-10-8-11(2)17(15-10)7-3-6-16-9-12(14(19)20)4-5-13(16)18/h8,12H,3-7,9H2,1-2H3,(H,19,20). The minimum absolute atomic E-state index is 0.0656. The van der Waals surface area contributed by atoms with Crippen molar-refractivity contribution in [2.75, 3.05) is 13.1 Å². The Bertz CT molecular complexity index is 510. The quantitative estimate of drug-likeness (QED) is 0.879. The first-order valence-electron chi connectivity index (χ1n) is 6.99. The van der Waals surface area contributed by atoms with Crippen LogP contribution in [0.15, 0.2) is 6.07 Å². The van der Waals surface area contributed by atoms with Crippen LogP contribution in [0.4, 0.5) is 0 Å². The number of carbonyl (C=O) groups is 2. The summed E-state index contributed by atoms with van der Waals surface area (Å²) in [5.41, 5.74) is 2.10. The molecule has 6 nitrogen and oxygen atoms in total. The first-order chi connectivity index (χ1) is 9.47. The van der Waals surface area contributed by atoms with Gasteiger partial charge >= 0.3 is 5.97 Å². The maximum absolute atomic E-state index is 11.8. The Hall–Kier alpha value is -1.85. The van der Waals surface area contributed by atoms with Crippen LogP contribution in [-0.2, 0) is 16.1 Å². The van der Waals surface area contributed by atoms with E-state index in [0.717, 1.165) is 24.4 Å². The second-order valence-corrected chi connectivity index (χ2v) is 5.42. The van der Waals surface area contributed by atoms with Crippen molar-refractivity contribution in [3.05, 3.63) is 17.5 Å². The van der Waals surface area contributed by atoms with E-state index in [-0.39, 0.29) is 5.91 Å². The number of carboxylic acids is 1. The summed E-state index contributed by atoms with van der Waals surface area (Å²) in [5, 5.41) is 13.4. The van der Waals surface area contributed by atoms with E-state index in [1.807, 2.05) is 24.6 Å². The minimum Gasteiger partial charge on any atom is -0.481 e. The highest BCUT2D eigenvalue weighted by Gasteiger charge is 2.29. The summed E-state index contributed by atoms with van der Waals surface area (Å²) in [4.78, 5) is 24.5. The molecular weight excluding hydrogens is 258 g/mol. The first-order valence-corrected chi connectivity index (χ1v) is 6.99. The number of aryl methyl sites for hydroxylation is 3. The fourth-order valence-electron chi connectivity index (χ4n) is 2.65. The molecule has 0 aliphatic carbocycles. The number of carboxylic acid groups (broad SMARTS) is 1. The van der Waals surface area contributed by atoms with Crippen LogP contribution in [0.5, 0.6) is 0 Å². The van der Waals surface area contributed by atoms with Gasteiger partial charge in [0, 0.05) is 31.7 Å². The second-order valence-electron chi connectivity index (χ2n) is 5.42. The summed E-state index contributed by atoms with van der Waals surface area (Å²) in [6.45, 7) is 5.65. The number of rotatable bonds is 5. The molecule has 1 N–H and O–H groups in total. The van der Waals surface area contributed by atoms with Crippen LogP contribution in [0.1, 0.15) is 30.7 Å². The highest BCUT2D eigenvalue weighted by molar-refractivity contribution is 5.80. The number of nitrogens with zero attached hydrogens (tertiary/aromatic N) is 3. The van der Waals surface area contributed by atoms with Crippen molar-refractivity contribution in [3.8, 4) is 0 Å². The van der Waals surface area contributed by atoms with Crippen LogP contribution < -0.4 is 0 Å². The molecule has 0 saturated carbocycles. The Labute approximate surface area is 118 Å². The molecule has 1 aliphatic heterocycles. The van der Waals surface area contributed by atoms with Gasteiger partial charge < -0.3 is 10.0 Å². The van der Waals surface area contributed by atoms with Gasteiger partial charge in [-0.2, -0.15) is 5.10 Å². The van der Waals surface area contributed by atoms with Gasteiger partial charge in [-0.15, -0.1) is 0 Å². The van der Waals surface area contributed by atoms with Gasteiger partial charge in [-0.3, -0.25) is 14.3 Å². The van der Waals surface area contributed by atoms with Crippen LogP contribution in [0, 0.1) is 19.8 Å². The third kappa shape index (κ3) is 3.37. The zero-order valence-electron chi connectivity index (χ0n) is 12.0. The normalized spacial score (nSPS) is 19.4. The summed E-state index contributed by atoms with van der Waals surface area (Å²) in [6.07, 6.45) is 1.60. The van der Waals surface area contributed by atoms with Crippen LogP contribution >= 0.6 is 0 Å². The highest BCUT2D eigenvalue weighted by atomic mass is 16.4. The summed E-state index contributed by atoms with van der Waals surface area (Å²) < 4.78 is 1.93. The lowest BCUT2D eigenvalue weighted by atomic mass is 9.97. The Kier molecular flexibility index (Phi) is 4.42. The third-order valence-electron chi connectivity index (χ3n) is 3.75.